The van der Waals surface area contributed by atoms with Crippen molar-refractivity contribution in [2.45, 2.75) is 52.4 Å². The maximum atomic E-state index is 12.4. The molecule has 2 aromatic heterocycles. The van der Waals surface area contributed by atoms with Crippen LogP contribution in [-0.2, 0) is 12.8 Å². The fourth-order valence-electron chi connectivity index (χ4n) is 3.13. The number of hydrogen-bond acceptors (Lipinski definition) is 4. The molecule has 0 unspecified atom stereocenters. The summed E-state index contributed by atoms with van der Waals surface area (Å²) in [5, 5.41) is 0. The number of carbonyl (C=O) groups excluding carboxylic acids is 2. The van der Waals surface area contributed by atoms with Gasteiger partial charge in [0.15, 0.2) is 0 Å². The fourth-order valence-corrected chi connectivity index (χ4v) is 4.27. The lowest BCUT2D eigenvalue weighted by molar-refractivity contribution is 0.0848. The number of nitrogens with zero attached hydrogens (tertiary/aromatic N) is 1. The zero-order chi connectivity index (χ0) is 17.8. The summed E-state index contributed by atoms with van der Waals surface area (Å²) in [6.45, 7) is 3.66. The number of rotatable bonds is 2. The SMILES string of the molecule is Cc1ccc(C(=O)NNC(=O)c2cc3c(s2)CCCCCC3)c(C)n1. The van der Waals surface area contributed by atoms with Crippen LogP contribution in [0.5, 0.6) is 0 Å². The molecule has 2 heterocycles. The van der Waals surface area contributed by atoms with Crippen molar-refractivity contribution < 1.29 is 9.59 Å². The van der Waals surface area contributed by atoms with E-state index in [1.165, 1.54) is 36.1 Å². The molecule has 2 N–H and O–H groups in total. The summed E-state index contributed by atoms with van der Waals surface area (Å²) in [6, 6.07) is 5.48. The van der Waals surface area contributed by atoms with Gasteiger partial charge in [0.25, 0.3) is 11.8 Å². The highest BCUT2D eigenvalue weighted by molar-refractivity contribution is 7.14. The number of aromatic nitrogens is 1. The normalized spacial score (nSPS) is 14.2. The molecular weight excluding hydrogens is 334 g/mol. The molecule has 0 spiro atoms. The van der Waals surface area contributed by atoms with Crippen molar-refractivity contribution >= 4 is 23.2 Å². The molecular formula is C19H23N3O2S. The van der Waals surface area contributed by atoms with Crippen LogP contribution < -0.4 is 10.9 Å². The number of pyridine rings is 1. The van der Waals surface area contributed by atoms with Gasteiger partial charge in [-0.05, 0) is 63.3 Å². The van der Waals surface area contributed by atoms with Crippen molar-refractivity contribution in [1.82, 2.24) is 15.8 Å². The predicted molar refractivity (Wildman–Crippen MR) is 98.8 cm³/mol. The Kier molecular flexibility index (Phi) is 5.48. The summed E-state index contributed by atoms with van der Waals surface area (Å²) >= 11 is 1.54. The first kappa shape index (κ1) is 17.6. The number of hydrogen-bond donors (Lipinski definition) is 2. The first-order valence-electron chi connectivity index (χ1n) is 8.71. The van der Waals surface area contributed by atoms with E-state index in [4.69, 9.17) is 0 Å². The van der Waals surface area contributed by atoms with E-state index in [-0.39, 0.29) is 11.8 Å². The van der Waals surface area contributed by atoms with Crippen molar-refractivity contribution in [1.29, 1.82) is 0 Å². The maximum absolute atomic E-state index is 12.4. The van der Waals surface area contributed by atoms with E-state index < -0.39 is 0 Å². The molecule has 0 fully saturated rings. The summed E-state index contributed by atoms with van der Waals surface area (Å²) in [6.07, 6.45) is 6.98. The highest BCUT2D eigenvalue weighted by Gasteiger charge is 2.17. The van der Waals surface area contributed by atoms with Crippen LogP contribution in [0, 0.1) is 13.8 Å². The Balaban J connectivity index is 1.64. The summed E-state index contributed by atoms with van der Waals surface area (Å²) in [5.41, 5.74) is 8.27. The third kappa shape index (κ3) is 4.25. The Morgan fingerprint density at radius 2 is 1.72 bits per heavy atom. The van der Waals surface area contributed by atoms with Crippen LogP contribution in [0.25, 0.3) is 0 Å². The van der Waals surface area contributed by atoms with Gasteiger partial charge >= 0.3 is 0 Å². The number of aryl methyl sites for hydroxylation is 4. The van der Waals surface area contributed by atoms with Crippen molar-refractivity contribution in [3.8, 4) is 0 Å². The van der Waals surface area contributed by atoms with Gasteiger partial charge in [0.2, 0.25) is 0 Å². The number of carbonyl (C=O) groups is 2. The Bertz CT molecular complexity index is 772. The molecule has 0 radical (unpaired) electrons. The molecule has 0 saturated carbocycles. The van der Waals surface area contributed by atoms with Gasteiger partial charge in [-0.2, -0.15) is 0 Å². The van der Waals surface area contributed by atoms with Crippen molar-refractivity contribution in [3.05, 3.63) is 50.5 Å². The molecule has 3 rings (SSSR count). The van der Waals surface area contributed by atoms with Crippen LogP contribution in [0.2, 0.25) is 0 Å². The summed E-state index contributed by atoms with van der Waals surface area (Å²) in [7, 11) is 0. The molecule has 0 saturated heterocycles. The molecule has 0 bridgehead atoms. The molecule has 25 heavy (non-hydrogen) atoms. The number of amides is 2. The standard InChI is InChI=1S/C19H23N3O2S/c1-12-9-10-15(13(2)20-12)18(23)21-22-19(24)17-11-14-7-5-3-4-6-8-16(14)25-17/h9-11H,3-8H2,1-2H3,(H,21,23)(H,22,24). The molecule has 132 valence electrons. The zero-order valence-corrected chi connectivity index (χ0v) is 15.5. The summed E-state index contributed by atoms with van der Waals surface area (Å²) in [4.78, 5) is 30.9. The lowest BCUT2D eigenvalue weighted by Gasteiger charge is -2.08. The first-order chi connectivity index (χ1) is 12.0. The molecule has 2 aromatic rings. The van der Waals surface area contributed by atoms with E-state index >= 15 is 0 Å². The monoisotopic (exact) mass is 357 g/mol. The molecule has 0 aliphatic heterocycles. The van der Waals surface area contributed by atoms with E-state index in [1.54, 1.807) is 30.4 Å². The third-order valence-corrected chi connectivity index (χ3v) is 5.72. The van der Waals surface area contributed by atoms with Gasteiger partial charge in [-0.25, -0.2) is 0 Å². The molecule has 1 aliphatic carbocycles. The smallest absolute Gasteiger partial charge is 0.267 e. The van der Waals surface area contributed by atoms with E-state index in [9.17, 15) is 9.59 Å². The Morgan fingerprint density at radius 1 is 1.00 bits per heavy atom. The van der Waals surface area contributed by atoms with E-state index in [1.807, 2.05) is 13.0 Å². The van der Waals surface area contributed by atoms with Crippen molar-refractivity contribution in [2.75, 3.05) is 0 Å². The quantitative estimate of drug-likeness (QED) is 0.808. The van der Waals surface area contributed by atoms with Gasteiger partial charge < -0.3 is 0 Å². The molecule has 5 nitrogen and oxygen atoms in total. The van der Waals surface area contributed by atoms with E-state index in [2.05, 4.69) is 15.8 Å². The van der Waals surface area contributed by atoms with Crippen LogP contribution in [0.4, 0.5) is 0 Å². The van der Waals surface area contributed by atoms with Gasteiger partial charge in [0.1, 0.15) is 0 Å². The van der Waals surface area contributed by atoms with Gasteiger partial charge in [0, 0.05) is 10.6 Å². The van der Waals surface area contributed by atoms with Gasteiger partial charge in [-0.3, -0.25) is 25.4 Å². The van der Waals surface area contributed by atoms with Crippen molar-refractivity contribution in [2.24, 2.45) is 0 Å². The highest BCUT2D eigenvalue weighted by atomic mass is 32.1. The van der Waals surface area contributed by atoms with Crippen LogP contribution in [0.15, 0.2) is 18.2 Å². The maximum Gasteiger partial charge on any atom is 0.279 e. The fraction of sp³-hybridized carbons (Fsp3) is 0.421. The average molecular weight is 357 g/mol. The van der Waals surface area contributed by atoms with Gasteiger partial charge in [0.05, 0.1) is 16.1 Å². The number of nitrogens with one attached hydrogen (secondary N) is 2. The Morgan fingerprint density at radius 3 is 2.48 bits per heavy atom. The summed E-state index contributed by atoms with van der Waals surface area (Å²) in [5.74, 6) is -0.615. The second-order valence-corrected chi connectivity index (χ2v) is 7.60. The summed E-state index contributed by atoms with van der Waals surface area (Å²) < 4.78 is 0. The molecule has 0 atom stereocenters. The predicted octanol–water partition coefficient (Wildman–Crippen LogP) is 3.49. The Labute approximate surface area is 151 Å². The minimum atomic E-state index is -0.353. The van der Waals surface area contributed by atoms with Gasteiger partial charge in [-0.1, -0.05) is 12.8 Å². The van der Waals surface area contributed by atoms with Crippen LogP contribution >= 0.6 is 11.3 Å². The Hall–Kier alpha value is -2.21. The van der Waals surface area contributed by atoms with E-state index in [0.29, 0.717) is 16.1 Å². The minimum Gasteiger partial charge on any atom is -0.267 e. The van der Waals surface area contributed by atoms with E-state index in [0.717, 1.165) is 18.5 Å². The minimum absolute atomic E-state index is 0.261. The number of thiophene rings is 1. The topological polar surface area (TPSA) is 71.1 Å². The molecule has 2 amide bonds. The molecule has 1 aliphatic rings. The molecule has 6 heteroatoms. The lowest BCUT2D eigenvalue weighted by atomic mass is 10.00. The molecule has 0 aromatic carbocycles. The first-order valence-corrected chi connectivity index (χ1v) is 9.53. The number of fused-ring (bicyclic) bond motifs is 1. The van der Waals surface area contributed by atoms with Crippen LogP contribution in [0.1, 0.15) is 67.5 Å². The largest absolute Gasteiger partial charge is 0.279 e. The average Bonchev–Trinajstić information content (AvgIpc) is 2.94. The van der Waals surface area contributed by atoms with Crippen LogP contribution in [-0.4, -0.2) is 16.8 Å². The highest BCUT2D eigenvalue weighted by Crippen LogP contribution is 2.28. The lowest BCUT2D eigenvalue weighted by Crippen LogP contribution is -2.41. The third-order valence-electron chi connectivity index (χ3n) is 4.48. The number of hydrazine groups is 1. The zero-order valence-electron chi connectivity index (χ0n) is 14.6. The van der Waals surface area contributed by atoms with Crippen molar-refractivity contribution in [3.63, 3.8) is 0 Å². The van der Waals surface area contributed by atoms with Gasteiger partial charge in [-0.15, -0.1) is 11.3 Å². The van der Waals surface area contributed by atoms with Crippen LogP contribution in [0.3, 0.4) is 0 Å². The second kappa shape index (κ2) is 7.78. The second-order valence-electron chi connectivity index (χ2n) is 6.47.